The molecular formula is C7H7N3O2S. The minimum absolute atomic E-state index is 0.120. The lowest BCUT2D eigenvalue weighted by atomic mass is 10.2. The van der Waals surface area contributed by atoms with E-state index in [0.29, 0.717) is 6.54 Å². The quantitative estimate of drug-likeness (QED) is 0.318. The number of hydrogen-bond acceptors (Lipinski definition) is 5. The largest absolute Gasteiger partial charge is 0.269 e. The van der Waals surface area contributed by atoms with Gasteiger partial charge in [-0.1, -0.05) is 0 Å². The third-order valence-corrected chi connectivity index (χ3v) is 2.76. The molecule has 68 valence electrons. The molecule has 0 fully saturated rings. The first kappa shape index (κ1) is 8.49. The van der Waals surface area contributed by atoms with Gasteiger partial charge in [0.15, 0.2) is 0 Å². The van der Waals surface area contributed by atoms with Crippen molar-refractivity contribution in [3.05, 3.63) is 33.9 Å². The van der Waals surface area contributed by atoms with Crippen LogP contribution in [-0.2, 0) is 6.54 Å². The molecule has 1 aromatic rings. The van der Waals surface area contributed by atoms with E-state index in [2.05, 4.69) is 0 Å². The molecule has 1 heterocycles. The van der Waals surface area contributed by atoms with Crippen molar-refractivity contribution in [2.45, 2.75) is 11.4 Å². The summed E-state index contributed by atoms with van der Waals surface area (Å²) in [7, 11) is 0. The number of hydrazine groups is 1. The Balaban J connectivity index is 2.40. The molecule has 1 aliphatic rings. The molecule has 0 amide bonds. The highest BCUT2D eigenvalue weighted by molar-refractivity contribution is 7.97. The van der Waals surface area contributed by atoms with E-state index in [1.807, 2.05) is 0 Å². The number of nitro groups is 1. The highest BCUT2D eigenvalue weighted by atomic mass is 32.2. The molecule has 0 bridgehead atoms. The van der Waals surface area contributed by atoms with Gasteiger partial charge in [0.25, 0.3) is 5.69 Å². The fourth-order valence-electron chi connectivity index (χ4n) is 1.22. The van der Waals surface area contributed by atoms with E-state index in [4.69, 9.17) is 5.84 Å². The fourth-order valence-corrected chi connectivity index (χ4v) is 2.04. The van der Waals surface area contributed by atoms with E-state index in [1.165, 1.54) is 18.0 Å². The third kappa shape index (κ3) is 1.51. The van der Waals surface area contributed by atoms with Crippen molar-refractivity contribution in [3.63, 3.8) is 0 Å². The van der Waals surface area contributed by atoms with Crippen molar-refractivity contribution >= 4 is 17.6 Å². The first-order valence-corrected chi connectivity index (χ1v) is 4.41. The molecule has 0 aromatic heterocycles. The van der Waals surface area contributed by atoms with Gasteiger partial charge in [-0.2, -0.15) is 4.41 Å². The molecule has 0 spiro atoms. The van der Waals surface area contributed by atoms with Crippen LogP contribution in [0.25, 0.3) is 0 Å². The molecule has 1 aliphatic heterocycles. The Morgan fingerprint density at radius 3 is 3.08 bits per heavy atom. The van der Waals surface area contributed by atoms with Gasteiger partial charge in [0.2, 0.25) is 0 Å². The molecule has 2 N–H and O–H groups in total. The zero-order valence-electron chi connectivity index (χ0n) is 6.64. The highest BCUT2D eigenvalue weighted by Crippen LogP contribution is 2.34. The van der Waals surface area contributed by atoms with E-state index in [0.717, 1.165) is 10.5 Å². The summed E-state index contributed by atoms with van der Waals surface area (Å²) >= 11 is 1.40. The first-order chi connectivity index (χ1) is 6.16. The fraction of sp³-hybridized carbons (Fsp3) is 0.143. The van der Waals surface area contributed by atoms with Crippen LogP contribution in [-0.4, -0.2) is 9.34 Å². The maximum Gasteiger partial charge on any atom is 0.269 e. The lowest BCUT2D eigenvalue weighted by Crippen LogP contribution is -2.17. The molecule has 0 radical (unpaired) electrons. The van der Waals surface area contributed by atoms with Crippen LogP contribution < -0.4 is 5.84 Å². The summed E-state index contributed by atoms with van der Waals surface area (Å²) in [5, 5.41) is 10.4. The summed E-state index contributed by atoms with van der Waals surface area (Å²) in [6.45, 7) is 0.557. The molecule has 0 saturated heterocycles. The summed E-state index contributed by atoms with van der Waals surface area (Å²) in [5.41, 5.74) is 1.04. The van der Waals surface area contributed by atoms with Crippen molar-refractivity contribution in [1.82, 2.24) is 4.41 Å². The van der Waals surface area contributed by atoms with E-state index >= 15 is 0 Å². The van der Waals surface area contributed by atoms with Crippen LogP contribution in [0.1, 0.15) is 5.56 Å². The molecule has 2 rings (SSSR count). The molecule has 0 saturated carbocycles. The Morgan fingerprint density at radius 1 is 1.62 bits per heavy atom. The number of rotatable bonds is 1. The monoisotopic (exact) mass is 197 g/mol. The molecule has 0 aliphatic carbocycles. The topological polar surface area (TPSA) is 72.4 Å². The zero-order valence-corrected chi connectivity index (χ0v) is 7.45. The number of hydrogen-bond donors (Lipinski definition) is 1. The van der Waals surface area contributed by atoms with E-state index in [-0.39, 0.29) is 5.69 Å². The van der Waals surface area contributed by atoms with Gasteiger partial charge in [-0.25, -0.2) is 0 Å². The minimum atomic E-state index is -0.399. The van der Waals surface area contributed by atoms with Gasteiger partial charge in [0, 0.05) is 17.0 Å². The third-order valence-electron chi connectivity index (χ3n) is 1.80. The van der Waals surface area contributed by atoms with Gasteiger partial charge in [0.1, 0.15) is 0 Å². The minimum Gasteiger partial charge on any atom is -0.258 e. The average Bonchev–Trinajstić information content (AvgIpc) is 2.42. The van der Waals surface area contributed by atoms with Gasteiger partial charge in [0.05, 0.1) is 11.5 Å². The normalized spacial score (nSPS) is 15.8. The van der Waals surface area contributed by atoms with Gasteiger partial charge < -0.3 is 0 Å². The summed E-state index contributed by atoms with van der Waals surface area (Å²) in [4.78, 5) is 11.0. The summed E-state index contributed by atoms with van der Waals surface area (Å²) < 4.78 is 1.55. The second-order valence-corrected chi connectivity index (χ2v) is 3.81. The van der Waals surface area contributed by atoms with Gasteiger partial charge in [-0.15, -0.1) is 0 Å². The van der Waals surface area contributed by atoms with Crippen LogP contribution in [0.3, 0.4) is 0 Å². The Kier molecular flexibility index (Phi) is 1.95. The summed E-state index contributed by atoms with van der Waals surface area (Å²) in [6, 6.07) is 4.78. The molecule has 0 unspecified atom stereocenters. The Bertz CT molecular complexity index is 369. The number of fused-ring (bicyclic) bond motifs is 1. The Labute approximate surface area is 78.8 Å². The number of nitrogens with zero attached hydrogens (tertiary/aromatic N) is 2. The highest BCUT2D eigenvalue weighted by Gasteiger charge is 2.19. The maximum absolute atomic E-state index is 10.4. The number of benzene rings is 1. The number of nitrogens with two attached hydrogens (primary N) is 1. The van der Waals surface area contributed by atoms with Crippen LogP contribution >= 0.6 is 11.9 Å². The second-order valence-electron chi connectivity index (χ2n) is 2.72. The molecule has 0 atom stereocenters. The number of nitro benzene ring substituents is 1. The van der Waals surface area contributed by atoms with Crippen LogP contribution in [0, 0.1) is 10.1 Å². The average molecular weight is 197 g/mol. The predicted molar refractivity (Wildman–Crippen MR) is 48.7 cm³/mol. The first-order valence-electron chi connectivity index (χ1n) is 3.64. The smallest absolute Gasteiger partial charge is 0.258 e. The van der Waals surface area contributed by atoms with E-state index < -0.39 is 4.92 Å². The summed E-state index contributed by atoms with van der Waals surface area (Å²) in [5.74, 6) is 5.54. The van der Waals surface area contributed by atoms with Gasteiger partial charge >= 0.3 is 0 Å². The van der Waals surface area contributed by atoms with Crippen molar-refractivity contribution in [2.75, 3.05) is 0 Å². The van der Waals surface area contributed by atoms with Gasteiger partial charge in [-0.3, -0.25) is 16.0 Å². The molecule has 6 heteroatoms. The molecular weight excluding hydrogens is 190 g/mol. The molecule has 13 heavy (non-hydrogen) atoms. The molecule has 1 aromatic carbocycles. The Morgan fingerprint density at radius 2 is 2.38 bits per heavy atom. The van der Waals surface area contributed by atoms with Gasteiger partial charge in [-0.05, 0) is 23.6 Å². The van der Waals surface area contributed by atoms with E-state index in [1.54, 1.807) is 16.5 Å². The van der Waals surface area contributed by atoms with E-state index in [9.17, 15) is 10.1 Å². The zero-order chi connectivity index (χ0) is 9.42. The lowest BCUT2D eigenvalue weighted by molar-refractivity contribution is -0.385. The Hall–Kier alpha value is -1.11. The number of non-ortho nitro benzene ring substituents is 1. The standard InChI is InChI=1S/C7H7N3O2S/c8-9-4-5-3-6(10(11)12)1-2-7(5)13-9/h1-3H,4,8H2. The van der Waals surface area contributed by atoms with Crippen molar-refractivity contribution in [2.24, 2.45) is 5.84 Å². The predicted octanol–water partition coefficient (Wildman–Crippen LogP) is 1.29. The van der Waals surface area contributed by atoms with Crippen molar-refractivity contribution in [1.29, 1.82) is 0 Å². The maximum atomic E-state index is 10.4. The van der Waals surface area contributed by atoms with Crippen molar-refractivity contribution in [3.8, 4) is 0 Å². The second kappa shape index (κ2) is 2.99. The van der Waals surface area contributed by atoms with Crippen molar-refractivity contribution < 1.29 is 4.92 Å². The molecule has 5 nitrogen and oxygen atoms in total. The summed E-state index contributed by atoms with van der Waals surface area (Å²) in [6.07, 6.45) is 0. The SMILES string of the molecule is NN1Cc2cc([N+](=O)[O-])ccc2S1. The van der Waals surface area contributed by atoms with Crippen LogP contribution in [0.5, 0.6) is 0 Å². The van der Waals surface area contributed by atoms with Crippen LogP contribution in [0.15, 0.2) is 23.1 Å². The van der Waals surface area contributed by atoms with Crippen LogP contribution in [0.2, 0.25) is 0 Å². The lowest BCUT2D eigenvalue weighted by Gasteiger charge is -2.00. The van der Waals surface area contributed by atoms with Crippen LogP contribution in [0.4, 0.5) is 5.69 Å².